The molecule has 1 unspecified atom stereocenters. The summed E-state index contributed by atoms with van der Waals surface area (Å²) < 4.78 is 4.95. The first kappa shape index (κ1) is 32.0. The summed E-state index contributed by atoms with van der Waals surface area (Å²) in [7, 11) is 3.45. The zero-order valence-electron chi connectivity index (χ0n) is 27.4. The number of esters is 1. The third-order valence-electron chi connectivity index (χ3n) is 11.7. The van der Waals surface area contributed by atoms with Crippen LogP contribution in [0.25, 0.3) is 0 Å². The number of carbonyl (C=O) groups excluding carboxylic acids is 2. The Bertz CT molecular complexity index is 1040. The van der Waals surface area contributed by atoms with E-state index in [9.17, 15) is 9.59 Å². The van der Waals surface area contributed by atoms with E-state index in [1.165, 1.54) is 79.0 Å². The molecular weight excluding hydrogens is 508 g/mol. The summed E-state index contributed by atoms with van der Waals surface area (Å²) in [4.78, 5) is 27.4. The highest BCUT2D eigenvalue weighted by Crippen LogP contribution is 2.51. The van der Waals surface area contributed by atoms with Gasteiger partial charge < -0.3 is 15.0 Å². The number of nitrogens with one attached hydrogen (secondary N) is 1. The van der Waals surface area contributed by atoms with Gasteiger partial charge in [0.1, 0.15) is 0 Å². The lowest BCUT2D eigenvalue weighted by atomic mass is 9.68. The fraction of sp³-hybridized carbons (Fsp3) is 0.778. The number of hydrogen-bond donors (Lipinski definition) is 1. The number of amides is 1. The lowest BCUT2D eigenvalue weighted by molar-refractivity contribution is -0.140. The second-order valence-corrected chi connectivity index (χ2v) is 14.2. The average Bonchev–Trinajstić information content (AvgIpc) is 3.72. The molecule has 0 radical (unpaired) electrons. The maximum Gasteiger partial charge on any atom is 0.305 e. The second kappa shape index (κ2) is 14.1. The zero-order valence-corrected chi connectivity index (χ0v) is 27.4. The number of benzene rings is 1. The second-order valence-electron chi connectivity index (χ2n) is 14.2. The van der Waals surface area contributed by atoms with Gasteiger partial charge in [-0.1, -0.05) is 19.8 Å². The van der Waals surface area contributed by atoms with Crippen LogP contribution < -0.4 is 5.32 Å². The maximum atomic E-state index is 13.6. The Kier molecular flexibility index (Phi) is 11.0. The van der Waals surface area contributed by atoms with Crippen molar-refractivity contribution in [1.82, 2.24) is 10.2 Å². The molecule has 4 atom stereocenters. The fourth-order valence-electron chi connectivity index (χ4n) is 8.36. The van der Waals surface area contributed by atoms with Gasteiger partial charge in [0, 0.05) is 32.5 Å². The Morgan fingerprint density at radius 3 is 2.02 bits per heavy atom. The van der Waals surface area contributed by atoms with Crippen LogP contribution in [-0.4, -0.2) is 43.5 Å². The van der Waals surface area contributed by atoms with Gasteiger partial charge in [-0.05, 0) is 155 Å². The highest BCUT2D eigenvalue weighted by atomic mass is 16.5. The van der Waals surface area contributed by atoms with Gasteiger partial charge in [0.25, 0.3) is 0 Å². The Morgan fingerprint density at radius 1 is 0.854 bits per heavy atom. The number of ether oxygens (including phenoxy) is 1. The molecule has 3 fully saturated rings. The van der Waals surface area contributed by atoms with E-state index in [4.69, 9.17) is 4.74 Å². The number of nitrogens with zero attached hydrogens (tertiary/aromatic N) is 1. The van der Waals surface area contributed by atoms with E-state index in [1.54, 1.807) is 0 Å². The first-order valence-electron chi connectivity index (χ1n) is 16.6. The molecule has 1 saturated heterocycles. The fourth-order valence-corrected chi connectivity index (χ4v) is 8.36. The molecule has 5 nitrogen and oxygen atoms in total. The molecule has 0 spiro atoms. The highest BCUT2D eigenvalue weighted by Gasteiger charge is 2.49. The van der Waals surface area contributed by atoms with E-state index in [1.807, 2.05) is 11.9 Å². The third kappa shape index (κ3) is 7.56. The molecule has 1 aromatic carbocycles. The summed E-state index contributed by atoms with van der Waals surface area (Å²) in [6, 6.07) is 0.467. The van der Waals surface area contributed by atoms with Crippen LogP contribution >= 0.6 is 0 Å². The van der Waals surface area contributed by atoms with Gasteiger partial charge in [-0.3, -0.25) is 9.59 Å². The number of methoxy groups -OCH3 is 1. The molecule has 1 aliphatic heterocycles. The molecule has 3 aliphatic rings. The first-order valence-corrected chi connectivity index (χ1v) is 16.6. The van der Waals surface area contributed by atoms with Crippen molar-refractivity contribution < 1.29 is 14.3 Å². The largest absolute Gasteiger partial charge is 0.469 e. The van der Waals surface area contributed by atoms with Crippen LogP contribution in [-0.2, 0) is 20.9 Å². The Labute approximate surface area is 250 Å². The summed E-state index contributed by atoms with van der Waals surface area (Å²) in [5.41, 5.74) is 7.98. The van der Waals surface area contributed by atoms with Crippen LogP contribution in [0.2, 0.25) is 0 Å². The molecular formula is C36H58N2O3. The lowest BCUT2D eigenvalue weighted by Crippen LogP contribution is -2.38. The van der Waals surface area contributed by atoms with Gasteiger partial charge in [0.05, 0.1) is 7.11 Å². The molecule has 0 aromatic heterocycles. The molecule has 1 aromatic rings. The molecule has 2 aliphatic carbocycles. The van der Waals surface area contributed by atoms with Gasteiger partial charge in [0.2, 0.25) is 5.91 Å². The van der Waals surface area contributed by atoms with E-state index in [2.05, 4.69) is 46.9 Å². The predicted octanol–water partition coefficient (Wildman–Crippen LogP) is 7.37. The van der Waals surface area contributed by atoms with Crippen molar-refractivity contribution in [3.05, 3.63) is 33.4 Å². The van der Waals surface area contributed by atoms with E-state index in [-0.39, 0.29) is 11.9 Å². The summed E-state index contributed by atoms with van der Waals surface area (Å²) in [6.45, 7) is 15.2. The molecule has 230 valence electrons. The summed E-state index contributed by atoms with van der Waals surface area (Å²) >= 11 is 0. The molecule has 0 bridgehead atoms. The van der Waals surface area contributed by atoms with Crippen molar-refractivity contribution in [2.24, 2.45) is 35.5 Å². The smallest absolute Gasteiger partial charge is 0.305 e. The minimum Gasteiger partial charge on any atom is -0.469 e. The van der Waals surface area contributed by atoms with Crippen molar-refractivity contribution >= 4 is 11.9 Å². The Hall–Kier alpha value is -1.88. The van der Waals surface area contributed by atoms with Crippen molar-refractivity contribution in [1.29, 1.82) is 0 Å². The van der Waals surface area contributed by atoms with Crippen molar-refractivity contribution in [2.45, 2.75) is 125 Å². The third-order valence-corrected chi connectivity index (χ3v) is 11.7. The lowest BCUT2D eigenvalue weighted by Gasteiger charge is -2.36. The topological polar surface area (TPSA) is 58.6 Å². The monoisotopic (exact) mass is 566 g/mol. The van der Waals surface area contributed by atoms with Crippen LogP contribution in [0.3, 0.4) is 0 Å². The van der Waals surface area contributed by atoms with Crippen LogP contribution in [0.1, 0.15) is 111 Å². The quantitative estimate of drug-likeness (QED) is 0.268. The average molecular weight is 567 g/mol. The highest BCUT2D eigenvalue weighted by molar-refractivity contribution is 5.76. The van der Waals surface area contributed by atoms with E-state index in [0.29, 0.717) is 31.3 Å². The van der Waals surface area contributed by atoms with Crippen molar-refractivity contribution in [3.8, 4) is 0 Å². The van der Waals surface area contributed by atoms with Crippen LogP contribution in [0.15, 0.2) is 0 Å². The van der Waals surface area contributed by atoms with Gasteiger partial charge in [-0.2, -0.15) is 0 Å². The van der Waals surface area contributed by atoms with E-state index < -0.39 is 0 Å². The molecule has 41 heavy (non-hydrogen) atoms. The van der Waals surface area contributed by atoms with Crippen LogP contribution in [0, 0.1) is 70.1 Å². The molecule has 1 heterocycles. The van der Waals surface area contributed by atoms with Gasteiger partial charge >= 0.3 is 5.97 Å². The summed E-state index contributed by atoms with van der Waals surface area (Å²) in [5, 5.41) is 4.02. The maximum absolute atomic E-state index is 13.6. The minimum atomic E-state index is -0.124. The number of rotatable bonds is 12. The van der Waals surface area contributed by atoms with Crippen molar-refractivity contribution in [3.63, 3.8) is 0 Å². The molecule has 2 saturated carbocycles. The first-order chi connectivity index (χ1) is 19.5. The van der Waals surface area contributed by atoms with Gasteiger partial charge in [-0.25, -0.2) is 0 Å². The SMILES string of the molecule is COC(=O)CCCC(CCC(=O)N(C)Cc1c(C)c(C)c(C)c(C)c1C)[C@H]1NC[C@@H](C2CCC(C)CC2)[C@H]1C1CC1. The summed E-state index contributed by atoms with van der Waals surface area (Å²) in [5.74, 6) is 4.62. The molecule has 4 rings (SSSR count). The standard InChI is InChI=1S/C36H58N2O3/c1-22-12-14-28(15-13-22)31-20-37-36(35(31)29-16-17-29)30(10-9-11-34(40)41-8)18-19-33(39)38(7)21-32-26(5)24(3)23(2)25(4)27(32)6/h22,28-31,35-37H,9-21H2,1-8H3/t22?,28?,30?,31-,35+,36+/m0/s1. The summed E-state index contributed by atoms with van der Waals surface area (Å²) in [6.07, 6.45) is 12.0. The normalized spacial score (nSPS) is 27.1. The van der Waals surface area contributed by atoms with E-state index in [0.717, 1.165) is 55.4 Å². The molecule has 1 amide bonds. The zero-order chi connectivity index (χ0) is 29.8. The van der Waals surface area contributed by atoms with E-state index >= 15 is 0 Å². The minimum absolute atomic E-state index is 0.124. The Balaban J connectivity index is 1.44. The van der Waals surface area contributed by atoms with Crippen molar-refractivity contribution in [2.75, 3.05) is 20.7 Å². The number of hydrogen-bond acceptors (Lipinski definition) is 4. The van der Waals surface area contributed by atoms with Crippen LogP contribution in [0.4, 0.5) is 0 Å². The van der Waals surface area contributed by atoms with Gasteiger partial charge in [0.15, 0.2) is 0 Å². The number of carbonyl (C=O) groups is 2. The van der Waals surface area contributed by atoms with Gasteiger partial charge in [-0.15, -0.1) is 0 Å². The molecule has 1 N–H and O–H groups in total. The predicted molar refractivity (Wildman–Crippen MR) is 168 cm³/mol. The molecule has 5 heteroatoms. The van der Waals surface area contributed by atoms with Crippen LogP contribution in [0.5, 0.6) is 0 Å². The Morgan fingerprint density at radius 2 is 1.44 bits per heavy atom.